The molecule has 1 heterocycles. The zero-order chi connectivity index (χ0) is 10.3. The van der Waals surface area contributed by atoms with Crippen molar-refractivity contribution < 1.29 is 0 Å². The van der Waals surface area contributed by atoms with E-state index in [4.69, 9.17) is 0 Å². The Morgan fingerprint density at radius 3 is 2.50 bits per heavy atom. The first-order chi connectivity index (χ1) is 6.48. The SMILES string of the molecule is CC(C)(C)c1cc(Br)ncc1C1CC1. The van der Waals surface area contributed by atoms with Gasteiger partial charge in [0.1, 0.15) is 4.60 Å². The van der Waals surface area contributed by atoms with Crippen LogP contribution in [0.15, 0.2) is 16.9 Å². The number of hydrogen-bond donors (Lipinski definition) is 0. The lowest BCUT2D eigenvalue weighted by Gasteiger charge is -2.22. The van der Waals surface area contributed by atoms with Gasteiger partial charge in [-0.25, -0.2) is 4.98 Å². The van der Waals surface area contributed by atoms with Gasteiger partial charge in [-0.1, -0.05) is 20.8 Å². The topological polar surface area (TPSA) is 12.9 Å². The molecule has 1 aliphatic carbocycles. The maximum Gasteiger partial charge on any atom is 0.106 e. The highest BCUT2D eigenvalue weighted by Crippen LogP contribution is 2.44. The minimum Gasteiger partial charge on any atom is -0.249 e. The first-order valence-corrected chi connectivity index (χ1v) is 5.93. The van der Waals surface area contributed by atoms with E-state index in [1.165, 1.54) is 24.0 Å². The monoisotopic (exact) mass is 253 g/mol. The first-order valence-electron chi connectivity index (χ1n) is 5.14. The molecule has 2 heteroatoms. The van der Waals surface area contributed by atoms with E-state index < -0.39 is 0 Å². The van der Waals surface area contributed by atoms with E-state index in [2.05, 4.69) is 47.8 Å². The number of rotatable bonds is 1. The Bertz CT molecular complexity index is 348. The molecule has 0 N–H and O–H groups in total. The Labute approximate surface area is 94.1 Å². The molecular formula is C12H16BrN. The highest BCUT2D eigenvalue weighted by Gasteiger charge is 2.30. The highest BCUT2D eigenvalue weighted by atomic mass is 79.9. The summed E-state index contributed by atoms with van der Waals surface area (Å²) in [7, 11) is 0. The van der Waals surface area contributed by atoms with Crippen molar-refractivity contribution in [3.63, 3.8) is 0 Å². The minimum atomic E-state index is 0.226. The largest absolute Gasteiger partial charge is 0.249 e. The van der Waals surface area contributed by atoms with Crippen LogP contribution in [0.2, 0.25) is 0 Å². The molecule has 1 nitrogen and oxygen atoms in total. The quantitative estimate of drug-likeness (QED) is 0.690. The van der Waals surface area contributed by atoms with Crippen molar-refractivity contribution in [2.45, 2.75) is 44.9 Å². The summed E-state index contributed by atoms with van der Waals surface area (Å²) in [6.45, 7) is 6.79. The van der Waals surface area contributed by atoms with Gasteiger partial charge in [-0.05, 0) is 57.3 Å². The van der Waals surface area contributed by atoms with Crippen LogP contribution in [-0.4, -0.2) is 4.98 Å². The van der Waals surface area contributed by atoms with Gasteiger partial charge in [-0.2, -0.15) is 0 Å². The third kappa shape index (κ3) is 2.00. The van der Waals surface area contributed by atoms with Gasteiger partial charge in [0.05, 0.1) is 0 Å². The second kappa shape index (κ2) is 3.34. The van der Waals surface area contributed by atoms with Crippen LogP contribution in [0.1, 0.15) is 50.7 Å². The Morgan fingerprint density at radius 1 is 1.36 bits per heavy atom. The zero-order valence-electron chi connectivity index (χ0n) is 8.97. The number of halogens is 1. The summed E-state index contributed by atoms with van der Waals surface area (Å²) in [6.07, 6.45) is 4.72. The lowest BCUT2D eigenvalue weighted by atomic mass is 9.83. The Kier molecular flexibility index (Phi) is 2.42. The van der Waals surface area contributed by atoms with E-state index >= 15 is 0 Å². The van der Waals surface area contributed by atoms with E-state index in [0.717, 1.165) is 10.5 Å². The van der Waals surface area contributed by atoms with Crippen molar-refractivity contribution in [3.8, 4) is 0 Å². The molecule has 1 aromatic rings. The molecule has 1 saturated carbocycles. The molecule has 0 spiro atoms. The number of pyridine rings is 1. The molecule has 14 heavy (non-hydrogen) atoms. The van der Waals surface area contributed by atoms with Crippen LogP contribution in [-0.2, 0) is 5.41 Å². The highest BCUT2D eigenvalue weighted by molar-refractivity contribution is 9.10. The molecule has 0 bridgehead atoms. The summed E-state index contributed by atoms with van der Waals surface area (Å²) < 4.78 is 0.951. The summed E-state index contributed by atoms with van der Waals surface area (Å²) in [5, 5.41) is 0. The van der Waals surface area contributed by atoms with Gasteiger partial charge < -0.3 is 0 Å². The van der Waals surface area contributed by atoms with Crippen molar-refractivity contribution >= 4 is 15.9 Å². The number of aromatic nitrogens is 1. The Balaban J connectivity index is 2.48. The summed E-state index contributed by atoms with van der Waals surface area (Å²) in [6, 6.07) is 2.17. The van der Waals surface area contributed by atoms with Crippen molar-refractivity contribution in [1.82, 2.24) is 4.98 Å². The maximum absolute atomic E-state index is 4.33. The van der Waals surface area contributed by atoms with Gasteiger partial charge in [-0.3, -0.25) is 0 Å². The average Bonchev–Trinajstić information content (AvgIpc) is 2.85. The number of hydrogen-bond acceptors (Lipinski definition) is 1. The van der Waals surface area contributed by atoms with E-state index in [9.17, 15) is 0 Å². The van der Waals surface area contributed by atoms with Gasteiger partial charge in [-0.15, -0.1) is 0 Å². The van der Waals surface area contributed by atoms with Crippen molar-refractivity contribution in [3.05, 3.63) is 28.0 Å². The summed E-state index contributed by atoms with van der Waals surface area (Å²) >= 11 is 3.45. The van der Waals surface area contributed by atoms with Crippen LogP contribution in [0, 0.1) is 0 Å². The van der Waals surface area contributed by atoms with Crippen molar-refractivity contribution in [2.24, 2.45) is 0 Å². The predicted molar refractivity (Wildman–Crippen MR) is 62.6 cm³/mol. The Morgan fingerprint density at radius 2 is 2.00 bits per heavy atom. The van der Waals surface area contributed by atoms with E-state index in [-0.39, 0.29) is 5.41 Å². The second-order valence-electron chi connectivity index (χ2n) is 5.12. The van der Waals surface area contributed by atoms with Crippen LogP contribution in [0.3, 0.4) is 0 Å². The summed E-state index contributed by atoms with van der Waals surface area (Å²) in [5.74, 6) is 0.782. The van der Waals surface area contributed by atoms with Gasteiger partial charge in [0.15, 0.2) is 0 Å². The van der Waals surface area contributed by atoms with E-state index in [1.54, 1.807) is 0 Å². The Hall–Kier alpha value is -0.370. The lowest BCUT2D eigenvalue weighted by molar-refractivity contribution is 0.580. The van der Waals surface area contributed by atoms with E-state index in [1.807, 2.05) is 6.20 Å². The van der Waals surface area contributed by atoms with Crippen molar-refractivity contribution in [1.29, 1.82) is 0 Å². The van der Waals surface area contributed by atoms with Crippen molar-refractivity contribution in [2.75, 3.05) is 0 Å². The van der Waals surface area contributed by atoms with Crippen LogP contribution in [0.25, 0.3) is 0 Å². The fraction of sp³-hybridized carbons (Fsp3) is 0.583. The standard InChI is InChI=1S/C12H16BrN/c1-12(2,3)10-6-11(13)14-7-9(10)8-4-5-8/h6-8H,4-5H2,1-3H3. The molecule has 0 saturated heterocycles. The zero-order valence-corrected chi connectivity index (χ0v) is 10.6. The fourth-order valence-corrected chi connectivity index (χ4v) is 2.14. The molecule has 0 atom stereocenters. The fourth-order valence-electron chi connectivity index (χ4n) is 1.81. The molecular weight excluding hydrogens is 238 g/mol. The average molecular weight is 254 g/mol. The van der Waals surface area contributed by atoms with Gasteiger partial charge in [0.2, 0.25) is 0 Å². The molecule has 1 fully saturated rings. The third-order valence-corrected chi connectivity index (χ3v) is 3.16. The molecule has 0 aromatic carbocycles. The van der Waals surface area contributed by atoms with Gasteiger partial charge in [0.25, 0.3) is 0 Å². The van der Waals surface area contributed by atoms with Crippen LogP contribution < -0.4 is 0 Å². The molecule has 0 unspecified atom stereocenters. The molecule has 0 aliphatic heterocycles. The molecule has 0 amide bonds. The first kappa shape index (κ1) is 10.2. The minimum absolute atomic E-state index is 0.226. The molecule has 1 aromatic heterocycles. The molecule has 1 aliphatic rings. The van der Waals surface area contributed by atoms with Gasteiger partial charge >= 0.3 is 0 Å². The lowest BCUT2D eigenvalue weighted by Crippen LogP contribution is -2.14. The smallest absolute Gasteiger partial charge is 0.106 e. The normalized spacial score (nSPS) is 17.1. The molecule has 76 valence electrons. The van der Waals surface area contributed by atoms with Crippen LogP contribution in [0.4, 0.5) is 0 Å². The number of nitrogens with zero attached hydrogens (tertiary/aromatic N) is 1. The summed E-state index contributed by atoms with van der Waals surface area (Å²) in [5.41, 5.74) is 3.13. The van der Waals surface area contributed by atoms with E-state index in [0.29, 0.717) is 0 Å². The molecule has 2 rings (SSSR count). The third-order valence-electron chi connectivity index (χ3n) is 2.73. The predicted octanol–water partition coefficient (Wildman–Crippen LogP) is 4.02. The second-order valence-corrected chi connectivity index (χ2v) is 5.93. The van der Waals surface area contributed by atoms with Crippen LogP contribution >= 0.6 is 15.9 Å². The van der Waals surface area contributed by atoms with Crippen LogP contribution in [0.5, 0.6) is 0 Å². The maximum atomic E-state index is 4.33. The van der Waals surface area contributed by atoms with Gasteiger partial charge in [0, 0.05) is 6.20 Å². The summed E-state index contributed by atoms with van der Waals surface area (Å²) in [4.78, 5) is 4.33. The molecule has 0 radical (unpaired) electrons.